The van der Waals surface area contributed by atoms with Gasteiger partial charge in [-0.2, -0.15) is 0 Å². The van der Waals surface area contributed by atoms with Crippen LogP contribution in [0.3, 0.4) is 0 Å². The summed E-state index contributed by atoms with van der Waals surface area (Å²) in [6.07, 6.45) is 5.67. The van der Waals surface area contributed by atoms with Gasteiger partial charge in [-0.05, 0) is 31.9 Å². The molecule has 3 N–H and O–H groups in total. The Morgan fingerprint density at radius 2 is 2.10 bits per heavy atom. The lowest BCUT2D eigenvalue weighted by molar-refractivity contribution is 0.0657. The first-order chi connectivity index (χ1) is 9.56. The molecule has 1 aromatic heterocycles. The van der Waals surface area contributed by atoms with Gasteiger partial charge in [0.2, 0.25) is 5.76 Å². The second-order valence-corrected chi connectivity index (χ2v) is 5.83. The Labute approximate surface area is 119 Å². The minimum absolute atomic E-state index is 0.0330. The Morgan fingerprint density at radius 1 is 1.40 bits per heavy atom. The van der Waals surface area contributed by atoms with Gasteiger partial charge in [0.05, 0.1) is 6.04 Å². The van der Waals surface area contributed by atoms with E-state index < -0.39 is 5.97 Å². The average Bonchev–Trinajstić information content (AvgIpc) is 2.96. The molecule has 1 atom stereocenters. The van der Waals surface area contributed by atoms with Crippen molar-refractivity contribution in [3.05, 3.63) is 23.7 Å². The summed E-state index contributed by atoms with van der Waals surface area (Å²) >= 11 is 0. The highest BCUT2D eigenvalue weighted by Crippen LogP contribution is 2.35. The molecule has 0 aromatic carbocycles. The van der Waals surface area contributed by atoms with Crippen LogP contribution in [0.15, 0.2) is 16.5 Å². The van der Waals surface area contributed by atoms with Gasteiger partial charge in [0.15, 0.2) is 0 Å². The van der Waals surface area contributed by atoms with E-state index in [2.05, 4.69) is 5.32 Å². The van der Waals surface area contributed by atoms with E-state index in [1.807, 2.05) is 6.92 Å². The van der Waals surface area contributed by atoms with Gasteiger partial charge < -0.3 is 19.9 Å². The zero-order valence-electron chi connectivity index (χ0n) is 11.9. The van der Waals surface area contributed by atoms with Gasteiger partial charge in [-0.25, -0.2) is 4.79 Å². The number of aliphatic hydroxyl groups excluding tert-OH is 1. The van der Waals surface area contributed by atoms with E-state index in [0.717, 1.165) is 19.4 Å². The number of carboxylic acid groups (broad SMARTS) is 1. The summed E-state index contributed by atoms with van der Waals surface area (Å²) in [4.78, 5) is 10.8. The van der Waals surface area contributed by atoms with E-state index in [4.69, 9.17) is 9.52 Å². The van der Waals surface area contributed by atoms with Gasteiger partial charge >= 0.3 is 5.97 Å². The highest BCUT2D eigenvalue weighted by molar-refractivity contribution is 5.84. The van der Waals surface area contributed by atoms with Crippen LogP contribution in [0.5, 0.6) is 0 Å². The van der Waals surface area contributed by atoms with Crippen molar-refractivity contribution in [2.75, 3.05) is 13.2 Å². The molecule has 1 aromatic rings. The number of rotatable bonds is 6. The standard InChI is InChI=1S/C15H23NO4/c1-11(12-5-6-13(20-12)14(18)19)16-9-15(10-17)7-3-2-4-8-15/h5-6,11,16-17H,2-4,7-10H2,1H3,(H,18,19). The zero-order chi connectivity index (χ0) is 14.6. The number of hydrogen-bond acceptors (Lipinski definition) is 4. The first kappa shape index (κ1) is 15.1. The van der Waals surface area contributed by atoms with E-state index in [1.165, 1.54) is 25.3 Å². The van der Waals surface area contributed by atoms with Crippen LogP contribution in [0, 0.1) is 5.41 Å². The number of carbonyl (C=O) groups is 1. The molecule has 0 saturated heterocycles. The fourth-order valence-electron chi connectivity index (χ4n) is 2.86. The minimum Gasteiger partial charge on any atom is -0.475 e. The normalized spacial score (nSPS) is 19.7. The summed E-state index contributed by atoms with van der Waals surface area (Å²) in [5.74, 6) is -0.475. The Hall–Kier alpha value is -1.33. The molecule has 1 aliphatic carbocycles. The maximum atomic E-state index is 10.8. The van der Waals surface area contributed by atoms with E-state index in [9.17, 15) is 9.90 Å². The molecule has 5 nitrogen and oxygen atoms in total. The predicted octanol–water partition coefficient (Wildman–Crippen LogP) is 2.57. The second-order valence-electron chi connectivity index (χ2n) is 5.83. The molecule has 0 bridgehead atoms. The lowest BCUT2D eigenvalue weighted by atomic mass is 9.74. The van der Waals surface area contributed by atoms with Gasteiger partial charge in [-0.15, -0.1) is 0 Å². The molecule has 1 heterocycles. The highest BCUT2D eigenvalue weighted by atomic mass is 16.4. The molecule has 1 saturated carbocycles. The molecule has 1 aliphatic rings. The average molecular weight is 281 g/mol. The number of nitrogens with one attached hydrogen (secondary N) is 1. The van der Waals surface area contributed by atoms with E-state index in [1.54, 1.807) is 6.07 Å². The van der Waals surface area contributed by atoms with Crippen molar-refractivity contribution in [3.8, 4) is 0 Å². The van der Waals surface area contributed by atoms with Crippen LogP contribution in [0.2, 0.25) is 0 Å². The van der Waals surface area contributed by atoms with Crippen molar-refractivity contribution in [1.29, 1.82) is 0 Å². The highest BCUT2D eigenvalue weighted by Gasteiger charge is 2.31. The third-order valence-electron chi connectivity index (χ3n) is 4.30. The Bertz CT molecular complexity index is 448. The Kier molecular flexibility index (Phi) is 4.83. The molecular formula is C15H23NO4. The summed E-state index contributed by atoms with van der Waals surface area (Å²) in [6.45, 7) is 2.87. The van der Waals surface area contributed by atoms with E-state index >= 15 is 0 Å². The van der Waals surface area contributed by atoms with Crippen molar-refractivity contribution < 1.29 is 19.4 Å². The summed E-state index contributed by atoms with van der Waals surface area (Å²) in [5, 5.41) is 21.9. The quantitative estimate of drug-likeness (QED) is 0.746. The molecule has 1 fully saturated rings. The largest absolute Gasteiger partial charge is 0.475 e. The molecule has 5 heteroatoms. The lowest BCUT2D eigenvalue weighted by Gasteiger charge is -2.36. The van der Waals surface area contributed by atoms with E-state index in [-0.39, 0.29) is 23.8 Å². The van der Waals surface area contributed by atoms with Crippen LogP contribution in [-0.4, -0.2) is 29.3 Å². The van der Waals surface area contributed by atoms with Crippen molar-refractivity contribution in [2.45, 2.75) is 45.1 Å². The van der Waals surface area contributed by atoms with Gasteiger partial charge in [0.1, 0.15) is 5.76 Å². The predicted molar refractivity (Wildman–Crippen MR) is 74.7 cm³/mol. The molecule has 0 spiro atoms. The molecule has 0 radical (unpaired) electrons. The molecule has 112 valence electrons. The van der Waals surface area contributed by atoms with Gasteiger partial charge in [0.25, 0.3) is 0 Å². The topological polar surface area (TPSA) is 82.7 Å². The summed E-state index contributed by atoms with van der Waals surface area (Å²) in [7, 11) is 0. The van der Waals surface area contributed by atoms with Crippen molar-refractivity contribution in [3.63, 3.8) is 0 Å². The number of aliphatic hydroxyl groups is 1. The molecule has 20 heavy (non-hydrogen) atoms. The smallest absolute Gasteiger partial charge is 0.371 e. The fraction of sp³-hybridized carbons (Fsp3) is 0.667. The SMILES string of the molecule is CC(NCC1(CO)CCCCC1)c1ccc(C(=O)O)o1. The van der Waals surface area contributed by atoms with Crippen LogP contribution in [0.4, 0.5) is 0 Å². The Morgan fingerprint density at radius 3 is 2.65 bits per heavy atom. The maximum Gasteiger partial charge on any atom is 0.371 e. The monoisotopic (exact) mass is 281 g/mol. The maximum absolute atomic E-state index is 10.8. The fourth-order valence-corrected chi connectivity index (χ4v) is 2.86. The van der Waals surface area contributed by atoms with Gasteiger partial charge in [-0.1, -0.05) is 19.3 Å². The molecular weight excluding hydrogens is 258 g/mol. The second kappa shape index (κ2) is 6.41. The first-order valence-electron chi connectivity index (χ1n) is 7.24. The van der Waals surface area contributed by atoms with Crippen LogP contribution >= 0.6 is 0 Å². The van der Waals surface area contributed by atoms with Gasteiger partial charge in [-0.3, -0.25) is 0 Å². The number of aromatic carboxylic acids is 1. The van der Waals surface area contributed by atoms with Crippen molar-refractivity contribution in [2.24, 2.45) is 5.41 Å². The van der Waals surface area contributed by atoms with Crippen LogP contribution in [-0.2, 0) is 0 Å². The molecule has 0 amide bonds. The summed E-state index contributed by atoms with van der Waals surface area (Å²) in [5.41, 5.74) is -0.0330. The van der Waals surface area contributed by atoms with Crippen LogP contribution < -0.4 is 5.32 Å². The van der Waals surface area contributed by atoms with Crippen LogP contribution in [0.1, 0.15) is 61.4 Å². The molecule has 1 unspecified atom stereocenters. The number of furan rings is 1. The van der Waals surface area contributed by atoms with Crippen molar-refractivity contribution in [1.82, 2.24) is 5.32 Å². The summed E-state index contributed by atoms with van der Waals surface area (Å²) in [6, 6.07) is 3.10. The number of hydrogen-bond donors (Lipinski definition) is 3. The van der Waals surface area contributed by atoms with Gasteiger partial charge in [0, 0.05) is 18.6 Å². The minimum atomic E-state index is -1.05. The Balaban J connectivity index is 1.93. The summed E-state index contributed by atoms with van der Waals surface area (Å²) < 4.78 is 5.29. The third kappa shape index (κ3) is 3.41. The van der Waals surface area contributed by atoms with Crippen molar-refractivity contribution >= 4 is 5.97 Å². The number of carboxylic acids is 1. The van der Waals surface area contributed by atoms with Crippen LogP contribution in [0.25, 0.3) is 0 Å². The molecule has 0 aliphatic heterocycles. The van der Waals surface area contributed by atoms with E-state index in [0.29, 0.717) is 5.76 Å². The third-order valence-corrected chi connectivity index (χ3v) is 4.30. The lowest BCUT2D eigenvalue weighted by Crippen LogP contribution is -2.39. The first-order valence-corrected chi connectivity index (χ1v) is 7.24. The molecule has 2 rings (SSSR count). The zero-order valence-corrected chi connectivity index (χ0v) is 11.9.